The van der Waals surface area contributed by atoms with Crippen LogP contribution >= 0.6 is 11.6 Å². The molecule has 104 valence electrons. The summed E-state index contributed by atoms with van der Waals surface area (Å²) in [5.41, 5.74) is 1.66. The summed E-state index contributed by atoms with van der Waals surface area (Å²) in [6.07, 6.45) is 3.98. The first-order chi connectivity index (χ1) is 9.26. The number of halogens is 1. The monoisotopic (exact) mass is 281 g/mol. The quantitative estimate of drug-likeness (QED) is 0.815. The lowest BCUT2D eigenvalue weighted by molar-refractivity contribution is 0.0562. The van der Waals surface area contributed by atoms with Gasteiger partial charge in [-0.1, -0.05) is 12.1 Å². The zero-order valence-electron chi connectivity index (χ0n) is 11.0. The van der Waals surface area contributed by atoms with Crippen molar-refractivity contribution in [3.63, 3.8) is 0 Å². The van der Waals surface area contributed by atoms with E-state index in [1.165, 1.54) is 6.42 Å². The molecule has 0 heterocycles. The van der Waals surface area contributed by atoms with Crippen molar-refractivity contribution in [2.75, 3.05) is 13.2 Å². The Morgan fingerprint density at radius 2 is 2.21 bits per heavy atom. The van der Waals surface area contributed by atoms with Crippen LogP contribution in [0.1, 0.15) is 41.6 Å². The molecule has 1 aromatic carbocycles. The van der Waals surface area contributed by atoms with Crippen LogP contribution in [-0.2, 0) is 5.88 Å². The predicted octanol–water partition coefficient (Wildman–Crippen LogP) is 2.80. The molecule has 0 bridgehead atoms. The van der Waals surface area contributed by atoms with Gasteiger partial charge in [0, 0.05) is 30.6 Å². The van der Waals surface area contributed by atoms with E-state index in [1.54, 1.807) is 0 Å². The molecule has 2 rings (SSSR count). The Morgan fingerprint density at radius 1 is 1.42 bits per heavy atom. The van der Waals surface area contributed by atoms with Crippen molar-refractivity contribution in [2.45, 2.75) is 37.6 Å². The van der Waals surface area contributed by atoms with Crippen LogP contribution in [0.3, 0.4) is 0 Å². The fraction of sp³-hybridized carbons (Fsp3) is 0.533. The van der Waals surface area contributed by atoms with Gasteiger partial charge >= 0.3 is 0 Å². The molecule has 1 fully saturated rings. The Hall–Kier alpha value is -1.06. The summed E-state index contributed by atoms with van der Waals surface area (Å²) in [4.78, 5) is 14.5. The van der Waals surface area contributed by atoms with Crippen LogP contribution in [0.4, 0.5) is 0 Å². The summed E-state index contributed by atoms with van der Waals surface area (Å²) in [7, 11) is 0. The van der Waals surface area contributed by atoms with E-state index in [2.05, 4.69) is 0 Å². The van der Waals surface area contributed by atoms with E-state index in [0.717, 1.165) is 18.4 Å². The van der Waals surface area contributed by atoms with E-state index in [1.807, 2.05) is 29.2 Å². The van der Waals surface area contributed by atoms with Gasteiger partial charge in [-0.25, -0.2) is 0 Å². The lowest BCUT2D eigenvalue weighted by Crippen LogP contribution is -2.45. The lowest BCUT2D eigenvalue weighted by atomic mass is 9.90. The lowest BCUT2D eigenvalue weighted by Gasteiger charge is -2.37. The molecule has 19 heavy (non-hydrogen) atoms. The van der Waals surface area contributed by atoms with E-state index < -0.39 is 0 Å². The van der Waals surface area contributed by atoms with Crippen molar-refractivity contribution in [1.82, 2.24) is 4.90 Å². The maximum Gasteiger partial charge on any atom is 0.254 e. The minimum absolute atomic E-state index is 0.0603. The number of rotatable bonds is 6. The normalized spacial score (nSPS) is 15.1. The maximum absolute atomic E-state index is 12.6. The molecular weight excluding hydrogens is 262 g/mol. The van der Waals surface area contributed by atoms with Crippen LogP contribution in [0.5, 0.6) is 0 Å². The highest BCUT2D eigenvalue weighted by Crippen LogP contribution is 2.26. The molecule has 0 atom stereocenters. The van der Waals surface area contributed by atoms with Crippen LogP contribution in [0.15, 0.2) is 24.3 Å². The highest BCUT2D eigenvalue weighted by atomic mass is 35.5. The molecule has 1 aliphatic rings. The molecule has 1 N–H and O–H groups in total. The number of hydrogen-bond acceptors (Lipinski definition) is 2. The van der Waals surface area contributed by atoms with E-state index in [4.69, 9.17) is 16.7 Å². The molecule has 1 amide bonds. The van der Waals surface area contributed by atoms with Gasteiger partial charge in [0.2, 0.25) is 0 Å². The van der Waals surface area contributed by atoms with Crippen molar-refractivity contribution < 1.29 is 9.90 Å². The first-order valence-electron chi connectivity index (χ1n) is 6.83. The topological polar surface area (TPSA) is 40.5 Å². The predicted molar refractivity (Wildman–Crippen MR) is 76.4 cm³/mol. The second-order valence-corrected chi connectivity index (χ2v) is 5.26. The van der Waals surface area contributed by atoms with Crippen LogP contribution in [0.25, 0.3) is 0 Å². The molecule has 0 spiro atoms. The Bertz CT molecular complexity index is 432. The largest absolute Gasteiger partial charge is 0.396 e. The van der Waals surface area contributed by atoms with Crippen molar-refractivity contribution in [1.29, 1.82) is 0 Å². The summed E-state index contributed by atoms with van der Waals surface area (Å²) >= 11 is 5.81. The van der Waals surface area contributed by atoms with Crippen LogP contribution < -0.4 is 0 Å². The van der Waals surface area contributed by atoms with Crippen LogP contribution in [0, 0.1) is 0 Å². The Kier molecular flexibility index (Phi) is 5.23. The molecule has 0 aliphatic heterocycles. The molecule has 0 aromatic heterocycles. The third-order valence-electron chi connectivity index (χ3n) is 3.66. The second-order valence-electron chi connectivity index (χ2n) is 4.99. The second kappa shape index (κ2) is 6.92. The molecule has 0 radical (unpaired) electrons. The standard InChI is InChI=1S/C15H20ClNO2/c16-11-12-4-1-5-13(10-12)15(19)17(8-3-9-18)14-6-2-7-14/h1,4-5,10,14,18H,2-3,6-9,11H2. The van der Waals surface area contributed by atoms with Crippen LogP contribution in [-0.4, -0.2) is 35.1 Å². The number of alkyl halides is 1. The first kappa shape index (κ1) is 14.4. The summed E-state index contributed by atoms with van der Waals surface area (Å²) in [5.74, 6) is 0.478. The van der Waals surface area contributed by atoms with Gasteiger partial charge in [0.15, 0.2) is 0 Å². The van der Waals surface area contributed by atoms with E-state index >= 15 is 0 Å². The average molecular weight is 282 g/mol. The minimum Gasteiger partial charge on any atom is -0.396 e. The smallest absolute Gasteiger partial charge is 0.254 e. The van der Waals surface area contributed by atoms with Gasteiger partial charge in [0.1, 0.15) is 0 Å². The molecule has 1 aliphatic carbocycles. The van der Waals surface area contributed by atoms with Crippen molar-refractivity contribution in [2.24, 2.45) is 0 Å². The third-order valence-corrected chi connectivity index (χ3v) is 3.97. The zero-order valence-corrected chi connectivity index (χ0v) is 11.8. The highest BCUT2D eigenvalue weighted by molar-refractivity contribution is 6.17. The van der Waals surface area contributed by atoms with Gasteiger partial charge in [0.25, 0.3) is 5.91 Å². The molecule has 3 nitrogen and oxygen atoms in total. The minimum atomic E-state index is 0.0603. The fourth-order valence-electron chi connectivity index (χ4n) is 2.34. The van der Waals surface area contributed by atoms with Crippen molar-refractivity contribution in [3.05, 3.63) is 35.4 Å². The number of aliphatic hydroxyl groups excluding tert-OH is 1. The van der Waals surface area contributed by atoms with Gasteiger partial charge in [-0.15, -0.1) is 11.6 Å². The maximum atomic E-state index is 12.6. The van der Waals surface area contributed by atoms with Gasteiger partial charge < -0.3 is 10.0 Å². The number of aliphatic hydroxyl groups is 1. The Labute approximate surface area is 119 Å². The first-order valence-corrected chi connectivity index (χ1v) is 7.36. The van der Waals surface area contributed by atoms with Crippen molar-refractivity contribution >= 4 is 17.5 Å². The Morgan fingerprint density at radius 3 is 2.79 bits per heavy atom. The molecule has 0 saturated heterocycles. The number of benzene rings is 1. The number of nitrogens with zero attached hydrogens (tertiary/aromatic N) is 1. The number of amides is 1. The van der Waals surface area contributed by atoms with Crippen molar-refractivity contribution in [3.8, 4) is 0 Å². The van der Waals surface area contributed by atoms with Gasteiger partial charge in [-0.3, -0.25) is 4.79 Å². The van der Waals surface area contributed by atoms with Crippen LogP contribution in [0.2, 0.25) is 0 Å². The number of hydrogen-bond donors (Lipinski definition) is 1. The number of carbonyl (C=O) groups is 1. The van der Waals surface area contributed by atoms with E-state index in [0.29, 0.717) is 30.5 Å². The molecule has 1 aromatic rings. The van der Waals surface area contributed by atoms with E-state index in [-0.39, 0.29) is 12.5 Å². The fourth-order valence-corrected chi connectivity index (χ4v) is 2.51. The Balaban J connectivity index is 2.12. The van der Waals surface area contributed by atoms with Gasteiger partial charge in [-0.05, 0) is 43.4 Å². The summed E-state index contributed by atoms with van der Waals surface area (Å²) < 4.78 is 0. The highest BCUT2D eigenvalue weighted by Gasteiger charge is 2.28. The third kappa shape index (κ3) is 3.48. The summed E-state index contributed by atoms with van der Waals surface area (Å²) in [5, 5.41) is 8.97. The number of carbonyl (C=O) groups excluding carboxylic acids is 1. The average Bonchev–Trinajstić information content (AvgIpc) is 2.40. The van der Waals surface area contributed by atoms with Gasteiger partial charge in [-0.2, -0.15) is 0 Å². The SMILES string of the molecule is O=C(c1cccc(CCl)c1)N(CCCO)C1CCC1. The molecule has 4 heteroatoms. The molecular formula is C15H20ClNO2. The van der Waals surface area contributed by atoms with Gasteiger partial charge in [0.05, 0.1) is 0 Å². The van der Waals surface area contributed by atoms with E-state index in [9.17, 15) is 4.79 Å². The zero-order chi connectivity index (χ0) is 13.7. The summed E-state index contributed by atoms with van der Waals surface area (Å²) in [6, 6.07) is 7.84. The molecule has 0 unspecified atom stereocenters. The summed E-state index contributed by atoms with van der Waals surface area (Å²) in [6.45, 7) is 0.753. The molecule has 1 saturated carbocycles.